The molecule has 0 aliphatic carbocycles. The van der Waals surface area contributed by atoms with Crippen molar-refractivity contribution in [3.8, 4) is 5.75 Å². The largest absolute Gasteiger partial charge is 0.497 e. The molecule has 4 nitrogen and oxygen atoms in total. The van der Waals surface area contributed by atoms with Gasteiger partial charge < -0.3 is 14.4 Å². The predicted molar refractivity (Wildman–Crippen MR) is 97.6 cm³/mol. The van der Waals surface area contributed by atoms with Crippen LogP contribution in [0.5, 0.6) is 5.75 Å². The van der Waals surface area contributed by atoms with Crippen LogP contribution in [0, 0.1) is 0 Å². The van der Waals surface area contributed by atoms with Gasteiger partial charge in [0, 0.05) is 10.5 Å². The molecule has 2 aromatic rings. The van der Waals surface area contributed by atoms with Crippen LogP contribution in [-0.4, -0.2) is 35.3 Å². The molecule has 25 heavy (non-hydrogen) atoms. The van der Waals surface area contributed by atoms with Gasteiger partial charge in [0.05, 0.1) is 24.5 Å². The van der Waals surface area contributed by atoms with Crippen LogP contribution in [0.4, 0.5) is 0 Å². The number of benzene rings is 2. The molecule has 2 fully saturated rings. The topological polar surface area (TPSA) is 38.8 Å². The highest BCUT2D eigenvalue weighted by molar-refractivity contribution is 8.01. The summed E-state index contributed by atoms with van der Waals surface area (Å²) in [5.41, 5.74) is 0.991. The van der Waals surface area contributed by atoms with Crippen LogP contribution >= 0.6 is 11.8 Å². The number of rotatable bonds is 4. The first-order valence-corrected chi connectivity index (χ1v) is 9.25. The molecule has 2 aliphatic heterocycles. The fraction of sp³-hybridized carbons (Fsp3) is 0.350. The quantitative estimate of drug-likeness (QED) is 0.834. The van der Waals surface area contributed by atoms with E-state index >= 15 is 0 Å². The minimum absolute atomic E-state index is 0.140. The van der Waals surface area contributed by atoms with Gasteiger partial charge in [0.2, 0.25) is 5.91 Å². The minimum Gasteiger partial charge on any atom is -0.497 e. The number of hydrogen-bond donors (Lipinski definition) is 0. The van der Waals surface area contributed by atoms with Crippen molar-refractivity contribution in [3.05, 3.63) is 60.2 Å². The second kappa shape index (κ2) is 6.39. The number of nitrogens with zero attached hydrogens (tertiary/aromatic N) is 1. The van der Waals surface area contributed by atoms with Crippen molar-refractivity contribution in [2.24, 2.45) is 0 Å². The Balaban J connectivity index is 1.57. The van der Waals surface area contributed by atoms with Gasteiger partial charge in [-0.05, 0) is 37.6 Å². The first-order chi connectivity index (χ1) is 12.1. The lowest BCUT2D eigenvalue weighted by Crippen LogP contribution is -2.37. The molecule has 2 saturated heterocycles. The van der Waals surface area contributed by atoms with E-state index in [-0.39, 0.29) is 18.2 Å². The first-order valence-electron chi connectivity index (χ1n) is 8.43. The standard InChI is InChI=1S/C20H21NO3S/c1-20(25-17-6-4-3-5-7-17)12-15-13-24-18(21(15)19(20)22)14-8-10-16(23-2)11-9-14/h3-11,15,18H,12-13H2,1-2H3/t15-,18+,20+/m0/s1. The minimum atomic E-state index is -0.444. The van der Waals surface area contributed by atoms with Crippen molar-refractivity contribution >= 4 is 17.7 Å². The molecule has 0 radical (unpaired) electrons. The molecule has 2 aliphatic rings. The summed E-state index contributed by atoms with van der Waals surface area (Å²) in [4.78, 5) is 16.3. The number of fused-ring (bicyclic) bond motifs is 1. The molecule has 0 saturated carbocycles. The van der Waals surface area contributed by atoms with Gasteiger partial charge in [0.1, 0.15) is 5.75 Å². The Labute approximate surface area is 152 Å². The highest BCUT2D eigenvalue weighted by atomic mass is 32.2. The third-order valence-corrected chi connectivity index (χ3v) is 6.19. The second-order valence-corrected chi connectivity index (χ2v) is 8.25. The molecule has 0 bridgehead atoms. The van der Waals surface area contributed by atoms with Crippen LogP contribution in [-0.2, 0) is 9.53 Å². The molecular formula is C20H21NO3S. The fourth-order valence-corrected chi connectivity index (χ4v) is 4.94. The van der Waals surface area contributed by atoms with Crippen molar-refractivity contribution in [3.63, 3.8) is 0 Å². The van der Waals surface area contributed by atoms with Gasteiger partial charge in [-0.2, -0.15) is 0 Å². The van der Waals surface area contributed by atoms with Gasteiger partial charge >= 0.3 is 0 Å². The van der Waals surface area contributed by atoms with Gasteiger partial charge in [0.15, 0.2) is 6.23 Å². The third-order valence-electron chi connectivity index (χ3n) is 4.89. The van der Waals surface area contributed by atoms with Crippen LogP contribution in [0.1, 0.15) is 25.1 Å². The molecule has 3 atom stereocenters. The average Bonchev–Trinajstić information content (AvgIpc) is 3.14. The summed E-state index contributed by atoms with van der Waals surface area (Å²) in [6.07, 6.45) is 0.500. The molecule has 5 heteroatoms. The maximum absolute atomic E-state index is 13.2. The van der Waals surface area contributed by atoms with Crippen molar-refractivity contribution in [2.45, 2.75) is 35.3 Å². The number of thioether (sulfide) groups is 1. The molecular weight excluding hydrogens is 334 g/mol. The van der Waals surface area contributed by atoms with Crippen molar-refractivity contribution in [1.29, 1.82) is 0 Å². The maximum Gasteiger partial charge on any atom is 0.241 e. The first kappa shape index (κ1) is 16.5. The smallest absolute Gasteiger partial charge is 0.241 e. The zero-order chi connectivity index (χ0) is 17.4. The average molecular weight is 355 g/mol. The zero-order valence-corrected chi connectivity index (χ0v) is 15.2. The fourth-order valence-electron chi connectivity index (χ4n) is 3.65. The van der Waals surface area contributed by atoms with E-state index in [9.17, 15) is 4.79 Å². The summed E-state index contributed by atoms with van der Waals surface area (Å²) in [5, 5.41) is 0. The van der Waals surface area contributed by atoms with Crippen LogP contribution in [0.15, 0.2) is 59.5 Å². The third kappa shape index (κ3) is 2.92. The molecule has 1 amide bonds. The van der Waals surface area contributed by atoms with E-state index in [2.05, 4.69) is 19.1 Å². The van der Waals surface area contributed by atoms with E-state index in [1.54, 1.807) is 18.9 Å². The molecule has 0 spiro atoms. The normalized spacial score (nSPS) is 28.2. The number of hydrogen-bond acceptors (Lipinski definition) is 4. The summed E-state index contributed by atoms with van der Waals surface area (Å²) >= 11 is 1.65. The van der Waals surface area contributed by atoms with E-state index in [4.69, 9.17) is 9.47 Å². The lowest BCUT2D eigenvalue weighted by Gasteiger charge is -2.26. The number of ether oxygens (including phenoxy) is 2. The summed E-state index contributed by atoms with van der Waals surface area (Å²) in [5.74, 6) is 0.959. The highest BCUT2D eigenvalue weighted by Gasteiger charge is 2.55. The number of methoxy groups -OCH3 is 1. The number of carbonyl (C=O) groups excluding carboxylic acids is 1. The molecule has 2 heterocycles. The van der Waals surface area contributed by atoms with Crippen LogP contribution < -0.4 is 4.74 Å². The Morgan fingerprint density at radius 1 is 1.16 bits per heavy atom. The van der Waals surface area contributed by atoms with Crippen LogP contribution in [0.25, 0.3) is 0 Å². The monoisotopic (exact) mass is 355 g/mol. The van der Waals surface area contributed by atoms with E-state index < -0.39 is 4.75 Å². The summed E-state index contributed by atoms with van der Waals surface area (Å²) in [6, 6.07) is 18.0. The number of amides is 1. The van der Waals surface area contributed by atoms with Crippen LogP contribution in [0.2, 0.25) is 0 Å². The Morgan fingerprint density at radius 3 is 2.56 bits per heavy atom. The summed E-state index contributed by atoms with van der Waals surface area (Å²) in [7, 11) is 1.65. The zero-order valence-electron chi connectivity index (χ0n) is 14.3. The molecule has 130 valence electrons. The number of carbonyl (C=O) groups is 1. The molecule has 2 aromatic carbocycles. The molecule has 0 aromatic heterocycles. The van der Waals surface area contributed by atoms with E-state index in [0.29, 0.717) is 6.61 Å². The molecule has 4 rings (SSSR count). The Hall–Kier alpha value is -1.98. The van der Waals surface area contributed by atoms with Gasteiger partial charge in [-0.25, -0.2) is 0 Å². The van der Waals surface area contributed by atoms with Crippen molar-refractivity contribution in [2.75, 3.05) is 13.7 Å². The van der Waals surface area contributed by atoms with Crippen LogP contribution in [0.3, 0.4) is 0 Å². The Kier molecular flexibility index (Phi) is 4.21. The Bertz CT molecular complexity index is 764. The van der Waals surface area contributed by atoms with E-state index in [0.717, 1.165) is 22.6 Å². The lowest BCUT2D eigenvalue weighted by atomic mass is 10.1. The predicted octanol–water partition coefficient (Wildman–Crippen LogP) is 3.88. The maximum atomic E-state index is 13.2. The molecule has 0 unspecified atom stereocenters. The Morgan fingerprint density at radius 2 is 1.88 bits per heavy atom. The van der Waals surface area contributed by atoms with Gasteiger partial charge in [-0.15, -0.1) is 11.8 Å². The second-order valence-electron chi connectivity index (χ2n) is 6.68. The lowest BCUT2D eigenvalue weighted by molar-refractivity contribution is -0.135. The molecule has 0 N–H and O–H groups in total. The van der Waals surface area contributed by atoms with E-state index in [1.165, 1.54) is 0 Å². The van der Waals surface area contributed by atoms with Crippen molar-refractivity contribution in [1.82, 2.24) is 4.90 Å². The SMILES string of the molecule is COc1ccc([C@H]2OC[C@@H]3C[C@@](C)(Sc4ccccc4)C(=O)N32)cc1. The van der Waals surface area contributed by atoms with Gasteiger partial charge in [-0.3, -0.25) is 4.79 Å². The van der Waals surface area contributed by atoms with Gasteiger partial charge in [-0.1, -0.05) is 30.3 Å². The highest BCUT2D eigenvalue weighted by Crippen LogP contribution is 2.49. The van der Waals surface area contributed by atoms with E-state index in [1.807, 2.05) is 47.4 Å². The van der Waals surface area contributed by atoms with Gasteiger partial charge in [0.25, 0.3) is 0 Å². The summed E-state index contributed by atoms with van der Waals surface area (Å²) < 4.78 is 10.7. The van der Waals surface area contributed by atoms with Crippen molar-refractivity contribution < 1.29 is 14.3 Å². The summed E-state index contributed by atoms with van der Waals surface area (Å²) in [6.45, 7) is 2.64.